The Labute approximate surface area is 125 Å². The fraction of sp³-hybridized carbons (Fsp3) is 0.400. The van der Waals surface area contributed by atoms with Crippen molar-refractivity contribution in [3.8, 4) is 0 Å². The Bertz CT molecular complexity index is 681. The number of rotatable bonds is 2. The van der Waals surface area contributed by atoms with E-state index in [1.54, 1.807) is 0 Å². The highest BCUT2D eigenvalue weighted by Gasteiger charge is 2.40. The number of halogens is 1. The molecule has 2 bridgehead atoms. The second kappa shape index (κ2) is 4.60. The Kier molecular flexibility index (Phi) is 2.86. The summed E-state index contributed by atoms with van der Waals surface area (Å²) in [5.41, 5.74) is 1.79. The molecule has 1 saturated carbocycles. The van der Waals surface area contributed by atoms with Crippen LogP contribution < -0.4 is 10.6 Å². The zero-order valence-corrected chi connectivity index (χ0v) is 12.6. The monoisotopic (exact) mass is 333 g/mol. The highest BCUT2D eigenvalue weighted by molar-refractivity contribution is 9.10. The SMILES string of the molecule is O=C(NC1CC2CNC1C2)c1ccc2cc(Br)cn2c1. The van der Waals surface area contributed by atoms with Gasteiger partial charge in [-0.3, -0.25) is 4.79 Å². The summed E-state index contributed by atoms with van der Waals surface area (Å²) in [6.45, 7) is 1.11. The van der Waals surface area contributed by atoms with Gasteiger partial charge in [0, 0.05) is 34.5 Å². The van der Waals surface area contributed by atoms with Crippen LogP contribution in [0.4, 0.5) is 0 Å². The lowest BCUT2D eigenvalue weighted by atomic mass is 10.1. The normalized spacial score (nSPS) is 28.1. The van der Waals surface area contributed by atoms with Crippen LogP contribution in [0.1, 0.15) is 23.2 Å². The quantitative estimate of drug-likeness (QED) is 0.884. The van der Waals surface area contributed by atoms with Gasteiger partial charge in [-0.25, -0.2) is 0 Å². The molecule has 1 saturated heterocycles. The number of pyridine rings is 1. The number of nitrogens with one attached hydrogen (secondary N) is 2. The Morgan fingerprint density at radius 1 is 1.35 bits per heavy atom. The van der Waals surface area contributed by atoms with E-state index in [0.29, 0.717) is 11.6 Å². The third-order valence-electron chi connectivity index (χ3n) is 4.47. The summed E-state index contributed by atoms with van der Waals surface area (Å²) >= 11 is 3.45. The number of carbonyl (C=O) groups is 1. The van der Waals surface area contributed by atoms with Gasteiger partial charge >= 0.3 is 0 Å². The van der Waals surface area contributed by atoms with Crippen molar-refractivity contribution in [1.29, 1.82) is 0 Å². The molecule has 3 heterocycles. The number of piperidine rings is 1. The predicted octanol–water partition coefficient (Wildman–Crippen LogP) is 2.18. The molecule has 0 radical (unpaired) electrons. The topological polar surface area (TPSA) is 45.5 Å². The third kappa shape index (κ3) is 2.05. The molecule has 0 spiro atoms. The van der Waals surface area contributed by atoms with E-state index < -0.39 is 0 Å². The number of hydrogen-bond acceptors (Lipinski definition) is 2. The van der Waals surface area contributed by atoms with Crippen molar-refractivity contribution < 1.29 is 4.79 Å². The van der Waals surface area contributed by atoms with Gasteiger partial charge in [-0.1, -0.05) is 0 Å². The van der Waals surface area contributed by atoms with Gasteiger partial charge in [0.25, 0.3) is 5.91 Å². The van der Waals surface area contributed by atoms with Crippen LogP contribution in [0.5, 0.6) is 0 Å². The summed E-state index contributed by atoms with van der Waals surface area (Å²) in [5.74, 6) is 0.768. The largest absolute Gasteiger partial charge is 0.348 e. The average Bonchev–Trinajstić information content (AvgIpc) is 3.10. The minimum absolute atomic E-state index is 0.0241. The summed E-state index contributed by atoms with van der Waals surface area (Å²) in [4.78, 5) is 12.4. The van der Waals surface area contributed by atoms with E-state index in [1.807, 2.05) is 35.0 Å². The first-order valence-electron chi connectivity index (χ1n) is 7.00. The molecule has 4 rings (SSSR count). The molecule has 2 aromatic heterocycles. The first kappa shape index (κ1) is 12.4. The van der Waals surface area contributed by atoms with Crippen molar-refractivity contribution >= 4 is 27.4 Å². The minimum atomic E-state index is 0.0241. The molecule has 1 aliphatic carbocycles. The van der Waals surface area contributed by atoms with E-state index in [9.17, 15) is 4.79 Å². The Hall–Kier alpha value is -1.33. The lowest BCUT2D eigenvalue weighted by molar-refractivity contribution is 0.0928. The van der Waals surface area contributed by atoms with Gasteiger partial charge in [-0.05, 0) is 59.4 Å². The zero-order chi connectivity index (χ0) is 13.7. The molecule has 3 unspecified atom stereocenters. The van der Waals surface area contributed by atoms with Crippen LogP contribution in [0, 0.1) is 5.92 Å². The van der Waals surface area contributed by atoms with Crippen molar-refractivity contribution in [1.82, 2.24) is 15.0 Å². The lowest BCUT2D eigenvalue weighted by Gasteiger charge is -2.24. The van der Waals surface area contributed by atoms with Crippen molar-refractivity contribution in [2.75, 3.05) is 6.54 Å². The number of aromatic nitrogens is 1. The molecule has 2 fully saturated rings. The molecule has 3 atom stereocenters. The maximum absolute atomic E-state index is 12.4. The summed E-state index contributed by atoms with van der Waals surface area (Å²) in [6.07, 6.45) is 6.16. The molecular formula is C15H16BrN3O. The zero-order valence-electron chi connectivity index (χ0n) is 11.0. The van der Waals surface area contributed by atoms with Crippen LogP contribution in [0.25, 0.3) is 5.52 Å². The van der Waals surface area contributed by atoms with Gasteiger partial charge in [-0.15, -0.1) is 0 Å². The molecule has 104 valence electrons. The van der Waals surface area contributed by atoms with Crippen LogP contribution in [-0.4, -0.2) is 28.9 Å². The second-order valence-corrected chi connectivity index (χ2v) is 6.76. The fourth-order valence-electron chi connectivity index (χ4n) is 3.47. The first-order chi connectivity index (χ1) is 9.69. The van der Waals surface area contributed by atoms with Crippen LogP contribution in [0.15, 0.2) is 35.1 Å². The Balaban J connectivity index is 1.54. The molecule has 2 aromatic rings. The van der Waals surface area contributed by atoms with Gasteiger partial charge in [0.15, 0.2) is 0 Å². The van der Waals surface area contributed by atoms with Crippen molar-refractivity contribution in [3.63, 3.8) is 0 Å². The van der Waals surface area contributed by atoms with Crippen molar-refractivity contribution in [2.45, 2.75) is 24.9 Å². The van der Waals surface area contributed by atoms with E-state index in [0.717, 1.165) is 28.9 Å². The third-order valence-corrected chi connectivity index (χ3v) is 4.90. The van der Waals surface area contributed by atoms with Crippen LogP contribution in [0.3, 0.4) is 0 Å². The van der Waals surface area contributed by atoms with Gasteiger partial charge in [0.2, 0.25) is 0 Å². The Morgan fingerprint density at radius 3 is 3.00 bits per heavy atom. The molecule has 4 nitrogen and oxygen atoms in total. The maximum atomic E-state index is 12.4. The number of hydrogen-bond donors (Lipinski definition) is 2. The Morgan fingerprint density at radius 2 is 2.25 bits per heavy atom. The van der Waals surface area contributed by atoms with E-state index in [4.69, 9.17) is 0 Å². The molecule has 2 N–H and O–H groups in total. The second-order valence-electron chi connectivity index (χ2n) is 5.84. The minimum Gasteiger partial charge on any atom is -0.348 e. The summed E-state index contributed by atoms with van der Waals surface area (Å²) in [6, 6.07) is 6.64. The number of carbonyl (C=O) groups excluding carboxylic acids is 1. The maximum Gasteiger partial charge on any atom is 0.253 e. The molecule has 1 amide bonds. The summed E-state index contributed by atoms with van der Waals surface area (Å²) < 4.78 is 2.99. The highest BCUT2D eigenvalue weighted by Crippen LogP contribution is 2.31. The smallest absolute Gasteiger partial charge is 0.253 e. The number of fused-ring (bicyclic) bond motifs is 3. The fourth-order valence-corrected chi connectivity index (χ4v) is 3.93. The molecule has 2 aliphatic rings. The van der Waals surface area contributed by atoms with Gasteiger partial charge in [-0.2, -0.15) is 0 Å². The van der Waals surface area contributed by atoms with Crippen molar-refractivity contribution in [2.24, 2.45) is 5.92 Å². The van der Waals surface area contributed by atoms with E-state index >= 15 is 0 Å². The molecule has 20 heavy (non-hydrogen) atoms. The number of nitrogens with zero attached hydrogens (tertiary/aromatic N) is 1. The first-order valence-corrected chi connectivity index (χ1v) is 7.80. The average molecular weight is 334 g/mol. The molecular weight excluding hydrogens is 318 g/mol. The van der Waals surface area contributed by atoms with Crippen LogP contribution in [-0.2, 0) is 0 Å². The highest BCUT2D eigenvalue weighted by atomic mass is 79.9. The molecule has 5 heteroatoms. The predicted molar refractivity (Wildman–Crippen MR) is 80.9 cm³/mol. The van der Waals surface area contributed by atoms with E-state index in [-0.39, 0.29) is 11.9 Å². The van der Waals surface area contributed by atoms with Crippen LogP contribution >= 0.6 is 15.9 Å². The van der Waals surface area contributed by atoms with E-state index in [2.05, 4.69) is 26.6 Å². The van der Waals surface area contributed by atoms with Crippen molar-refractivity contribution in [3.05, 3.63) is 40.6 Å². The number of amides is 1. The van der Waals surface area contributed by atoms with Gasteiger partial charge in [0.1, 0.15) is 0 Å². The summed E-state index contributed by atoms with van der Waals surface area (Å²) in [7, 11) is 0. The lowest BCUT2D eigenvalue weighted by Crippen LogP contribution is -2.47. The van der Waals surface area contributed by atoms with E-state index in [1.165, 1.54) is 6.42 Å². The van der Waals surface area contributed by atoms with Gasteiger partial charge < -0.3 is 15.0 Å². The van der Waals surface area contributed by atoms with Gasteiger partial charge in [0.05, 0.1) is 5.56 Å². The standard InChI is InChI=1S/C15H16BrN3O/c16-11-5-12-2-1-10(7-19(12)8-11)15(20)18-14-4-9-3-13(14)17-6-9/h1-2,5,7-9,13-14,17H,3-4,6H2,(H,18,20). The van der Waals surface area contributed by atoms with Crippen LogP contribution in [0.2, 0.25) is 0 Å². The molecule has 0 aromatic carbocycles. The summed E-state index contributed by atoms with van der Waals surface area (Å²) in [5, 5.41) is 6.64. The molecule has 1 aliphatic heterocycles.